The first-order chi connectivity index (χ1) is 7.15. The summed E-state index contributed by atoms with van der Waals surface area (Å²) >= 11 is 6.02. The lowest BCUT2D eigenvalue weighted by molar-refractivity contribution is 0.478. The largest absolute Gasteiger partial charge is 0.319 e. The molecule has 0 heterocycles. The molecule has 0 amide bonds. The van der Waals surface area contributed by atoms with Crippen molar-refractivity contribution >= 4 is 11.6 Å². The summed E-state index contributed by atoms with van der Waals surface area (Å²) in [7, 11) is 2.03. The molecule has 2 heteroatoms. The molecule has 0 spiro atoms. The first-order valence-electron chi connectivity index (χ1n) is 5.55. The third-order valence-corrected chi connectivity index (χ3v) is 3.73. The molecule has 1 aliphatic rings. The molecular formula is C13H18ClN. The van der Waals surface area contributed by atoms with Crippen molar-refractivity contribution in [3.05, 3.63) is 34.3 Å². The summed E-state index contributed by atoms with van der Waals surface area (Å²) in [5.41, 5.74) is 3.15. The van der Waals surface area contributed by atoms with Gasteiger partial charge >= 0.3 is 0 Å². The molecule has 2 rings (SSSR count). The monoisotopic (exact) mass is 223 g/mol. The van der Waals surface area contributed by atoms with E-state index in [-0.39, 0.29) is 0 Å². The fourth-order valence-electron chi connectivity index (χ4n) is 2.22. The Kier molecular flexibility index (Phi) is 3.03. The van der Waals surface area contributed by atoms with Crippen molar-refractivity contribution in [2.75, 3.05) is 13.6 Å². The zero-order chi connectivity index (χ0) is 10.9. The van der Waals surface area contributed by atoms with Crippen LogP contribution in [-0.2, 0) is 6.42 Å². The van der Waals surface area contributed by atoms with Crippen LogP contribution >= 0.6 is 11.6 Å². The van der Waals surface area contributed by atoms with Gasteiger partial charge in [-0.15, -0.1) is 0 Å². The van der Waals surface area contributed by atoms with Crippen molar-refractivity contribution in [3.8, 4) is 0 Å². The van der Waals surface area contributed by atoms with Crippen LogP contribution in [0, 0.1) is 12.3 Å². The average molecular weight is 224 g/mol. The smallest absolute Gasteiger partial charge is 0.0435 e. The topological polar surface area (TPSA) is 12.0 Å². The number of nitrogens with one attached hydrogen (secondary N) is 1. The van der Waals surface area contributed by atoms with Crippen LogP contribution in [0.2, 0.25) is 5.02 Å². The number of hydrogen-bond acceptors (Lipinski definition) is 1. The Hall–Kier alpha value is -0.530. The van der Waals surface area contributed by atoms with Gasteiger partial charge in [0.15, 0.2) is 0 Å². The van der Waals surface area contributed by atoms with Crippen LogP contribution in [0.1, 0.15) is 24.0 Å². The zero-order valence-corrected chi connectivity index (χ0v) is 10.2. The fraction of sp³-hybridized carbons (Fsp3) is 0.538. The minimum absolute atomic E-state index is 0.537. The van der Waals surface area contributed by atoms with E-state index in [0.29, 0.717) is 5.41 Å². The van der Waals surface area contributed by atoms with Gasteiger partial charge in [0.1, 0.15) is 0 Å². The molecule has 0 aromatic heterocycles. The Bertz CT molecular complexity index is 356. The van der Waals surface area contributed by atoms with Crippen molar-refractivity contribution in [1.82, 2.24) is 5.32 Å². The molecule has 0 bridgehead atoms. The van der Waals surface area contributed by atoms with Gasteiger partial charge in [-0.1, -0.05) is 23.7 Å². The molecule has 0 unspecified atom stereocenters. The van der Waals surface area contributed by atoms with E-state index in [4.69, 9.17) is 11.6 Å². The van der Waals surface area contributed by atoms with Gasteiger partial charge in [0.05, 0.1) is 0 Å². The van der Waals surface area contributed by atoms with E-state index in [2.05, 4.69) is 24.4 Å². The minimum atomic E-state index is 0.537. The van der Waals surface area contributed by atoms with E-state index >= 15 is 0 Å². The summed E-state index contributed by atoms with van der Waals surface area (Å²) in [6, 6.07) is 6.39. The Balaban J connectivity index is 2.08. The molecule has 1 aromatic rings. The third-order valence-electron chi connectivity index (χ3n) is 3.31. The molecule has 1 fully saturated rings. The predicted molar refractivity (Wildman–Crippen MR) is 65.5 cm³/mol. The maximum absolute atomic E-state index is 6.02. The third kappa shape index (κ3) is 2.53. The first-order valence-corrected chi connectivity index (χ1v) is 5.93. The number of hydrogen-bond donors (Lipinski definition) is 1. The average Bonchev–Trinajstić information content (AvgIpc) is 2.92. The quantitative estimate of drug-likeness (QED) is 0.827. The van der Waals surface area contributed by atoms with E-state index in [1.165, 1.54) is 30.4 Å². The number of aryl methyl sites for hydroxylation is 1. The maximum Gasteiger partial charge on any atom is 0.0435 e. The van der Waals surface area contributed by atoms with Gasteiger partial charge in [-0.2, -0.15) is 0 Å². The van der Waals surface area contributed by atoms with Crippen LogP contribution in [0.3, 0.4) is 0 Å². The number of benzene rings is 1. The van der Waals surface area contributed by atoms with E-state index in [9.17, 15) is 0 Å². The van der Waals surface area contributed by atoms with Gasteiger partial charge in [0.2, 0.25) is 0 Å². The van der Waals surface area contributed by atoms with E-state index in [1.807, 2.05) is 13.1 Å². The molecule has 0 atom stereocenters. The van der Waals surface area contributed by atoms with Crippen LogP contribution in [-0.4, -0.2) is 13.6 Å². The molecule has 1 aliphatic carbocycles. The standard InChI is InChI=1S/C13H18ClN/c1-10-7-11(3-4-12(10)14)8-13(5-6-13)9-15-2/h3-4,7,15H,5-6,8-9H2,1-2H3. The van der Waals surface area contributed by atoms with Crippen molar-refractivity contribution < 1.29 is 0 Å². The van der Waals surface area contributed by atoms with Gasteiger partial charge in [0, 0.05) is 11.6 Å². The lowest BCUT2D eigenvalue weighted by Gasteiger charge is -2.15. The van der Waals surface area contributed by atoms with Crippen molar-refractivity contribution in [2.24, 2.45) is 5.41 Å². The van der Waals surface area contributed by atoms with Gasteiger partial charge in [-0.3, -0.25) is 0 Å². The summed E-state index contributed by atoms with van der Waals surface area (Å²) < 4.78 is 0. The highest BCUT2D eigenvalue weighted by Gasteiger charge is 2.41. The number of halogens is 1. The molecule has 15 heavy (non-hydrogen) atoms. The summed E-state index contributed by atoms with van der Waals surface area (Å²) in [4.78, 5) is 0. The Morgan fingerprint density at radius 1 is 1.40 bits per heavy atom. The molecule has 1 aromatic carbocycles. The Morgan fingerprint density at radius 2 is 2.13 bits per heavy atom. The van der Waals surface area contributed by atoms with Gasteiger partial charge < -0.3 is 5.32 Å². The second kappa shape index (κ2) is 4.15. The molecule has 0 saturated heterocycles. The van der Waals surface area contributed by atoms with E-state index in [0.717, 1.165) is 11.6 Å². The van der Waals surface area contributed by atoms with E-state index < -0.39 is 0 Å². The van der Waals surface area contributed by atoms with Crippen LogP contribution in [0.25, 0.3) is 0 Å². The summed E-state index contributed by atoms with van der Waals surface area (Å²) in [5, 5.41) is 4.16. The molecule has 1 N–H and O–H groups in total. The van der Waals surface area contributed by atoms with Crippen LogP contribution in [0.15, 0.2) is 18.2 Å². The molecular weight excluding hydrogens is 206 g/mol. The van der Waals surface area contributed by atoms with Crippen molar-refractivity contribution in [2.45, 2.75) is 26.2 Å². The minimum Gasteiger partial charge on any atom is -0.319 e. The molecule has 1 nitrogen and oxygen atoms in total. The normalized spacial score (nSPS) is 17.8. The molecule has 0 aliphatic heterocycles. The lowest BCUT2D eigenvalue weighted by Crippen LogP contribution is -2.21. The first kappa shape index (κ1) is 11.0. The fourth-order valence-corrected chi connectivity index (χ4v) is 2.34. The lowest BCUT2D eigenvalue weighted by atomic mass is 9.95. The summed E-state index contributed by atoms with van der Waals surface area (Å²) in [6.07, 6.45) is 3.90. The summed E-state index contributed by atoms with van der Waals surface area (Å²) in [5.74, 6) is 0. The highest BCUT2D eigenvalue weighted by molar-refractivity contribution is 6.31. The van der Waals surface area contributed by atoms with Gasteiger partial charge in [0.25, 0.3) is 0 Å². The number of rotatable bonds is 4. The maximum atomic E-state index is 6.02. The van der Waals surface area contributed by atoms with Crippen LogP contribution < -0.4 is 5.32 Å². The highest BCUT2D eigenvalue weighted by Crippen LogP contribution is 2.47. The van der Waals surface area contributed by atoms with Crippen molar-refractivity contribution in [3.63, 3.8) is 0 Å². The van der Waals surface area contributed by atoms with Crippen LogP contribution in [0.4, 0.5) is 0 Å². The van der Waals surface area contributed by atoms with Crippen LogP contribution in [0.5, 0.6) is 0 Å². The van der Waals surface area contributed by atoms with Gasteiger partial charge in [-0.25, -0.2) is 0 Å². The predicted octanol–water partition coefficient (Wildman–Crippen LogP) is 3.19. The van der Waals surface area contributed by atoms with Crippen molar-refractivity contribution in [1.29, 1.82) is 0 Å². The highest BCUT2D eigenvalue weighted by atomic mass is 35.5. The Morgan fingerprint density at radius 3 is 2.67 bits per heavy atom. The molecule has 0 radical (unpaired) electrons. The molecule has 1 saturated carbocycles. The Labute approximate surface area is 96.8 Å². The SMILES string of the molecule is CNCC1(Cc2ccc(Cl)c(C)c2)CC1. The zero-order valence-electron chi connectivity index (χ0n) is 9.44. The van der Waals surface area contributed by atoms with Gasteiger partial charge in [-0.05, 0) is 55.8 Å². The molecule has 82 valence electrons. The summed E-state index contributed by atoms with van der Waals surface area (Å²) in [6.45, 7) is 3.21. The second-order valence-corrected chi connectivity index (χ2v) is 5.20. The second-order valence-electron chi connectivity index (χ2n) is 4.79. The van der Waals surface area contributed by atoms with E-state index in [1.54, 1.807) is 0 Å².